The number of amides is 1. The molecule has 10 nitrogen and oxygen atoms in total. The van der Waals surface area contributed by atoms with E-state index in [1.807, 2.05) is 0 Å². The summed E-state index contributed by atoms with van der Waals surface area (Å²) in [5.41, 5.74) is 5.22. The predicted molar refractivity (Wildman–Crippen MR) is 145 cm³/mol. The van der Waals surface area contributed by atoms with Crippen LogP contribution in [0.25, 0.3) is 6.08 Å². The topological polar surface area (TPSA) is 153 Å². The first-order chi connectivity index (χ1) is 19.7. The number of ketones is 1. The van der Waals surface area contributed by atoms with E-state index < -0.39 is 79.9 Å². The third kappa shape index (κ3) is 5.45. The summed E-state index contributed by atoms with van der Waals surface area (Å²) in [4.78, 5) is 24.8. The van der Waals surface area contributed by atoms with E-state index in [9.17, 15) is 39.6 Å². The van der Waals surface area contributed by atoms with Crippen LogP contribution in [0.3, 0.4) is 0 Å². The van der Waals surface area contributed by atoms with Gasteiger partial charge in [-0.1, -0.05) is 18.2 Å². The molecule has 2 aromatic carbocycles. The van der Waals surface area contributed by atoms with Crippen molar-refractivity contribution in [1.82, 2.24) is 9.62 Å². The number of nitrogens with two attached hydrogens (primary N) is 1. The molecule has 0 aliphatic carbocycles. The standard InChI is InChI=1S/C27H28F3N3O7S2/c28-21-13-23(30)22(29)10-17(21)11-25(31)27-6-5-18(12-19(34)14-27)33(27)41(36,37)8-7-32-26(35)40-15-20-9-16-3-1-2-4-24(16)42(20,38)39/h1-4,9-10,13,18,25H,5-8,11-12,14-15,31H2,(H,32,35)/t18?,25-,27?/m1/s1. The van der Waals surface area contributed by atoms with Gasteiger partial charge in [0.15, 0.2) is 11.6 Å². The molecular weight excluding hydrogens is 599 g/mol. The third-order valence-electron chi connectivity index (χ3n) is 8.01. The number of nitrogens with zero attached hydrogens (tertiary/aromatic N) is 1. The lowest BCUT2D eigenvalue weighted by atomic mass is 9.80. The van der Waals surface area contributed by atoms with Crippen LogP contribution in [-0.2, 0) is 35.8 Å². The molecular formula is C27H28F3N3O7S2. The Labute approximate surface area is 240 Å². The number of benzene rings is 2. The molecule has 0 aromatic heterocycles. The van der Waals surface area contributed by atoms with Crippen molar-refractivity contribution in [1.29, 1.82) is 0 Å². The fourth-order valence-electron chi connectivity index (χ4n) is 6.09. The van der Waals surface area contributed by atoms with Crippen LogP contribution in [0, 0.1) is 17.5 Å². The minimum Gasteiger partial charge on any atom is -0.444 e. The first-order valence-corrected chi connectivity index (χ1v) is 16.2. The number of rotatable bonds is 9. The van der Waals surface area contributed by atoms with Gasteiger partial charge in [-0.25, -0.2) is 34.8 Å². The molecule has 0 saturated carbocycles. The monoisotopic (exact) mass is 627 g/mol. The van der Waals surface area contributed by atoms with Crippen molar-refractivity contribution in [2.24, 2.45) is 5.73 Å². The molecule has 2 fully saturated rings. The summed E-state index contributed by atoms with van der Waals surface area (Å²) in [5, 5.41) is 2.30. The Morgan fingerprint density at radius 2 is 1.88 bits per heavy atom. The Hall–Kier alpha value is -3.27. The maximum atomic E-state index is 14.4. The van der Waals surface area contributed by atoms with Crippen LogP contribution in [0.15, 0.2) is 46.2 Å². The number of alkyl carbamates (subject to hydrolysis) is 1. The Balaban J connectivity index is 1.24. The number of fused-ring (bicyclic) bond motifs is 3. The maximum absolute atomic E-state index is 14.4. The zero-order valence-corrected chi connectivity index (χ0v) is 23.8. The number of carbonyl (C=O) groups is 2. The first-order valence-electron chi connectivity index (χ1n) is 13.1. The van der Waals surface area contributed by atoms with Gasteiger partial charge in [0.1, 0.15) is 18.2 Å². The summed E-state index contributed by atoms with van der Waals surface area (Å²) < 4.78 is 100. The number of Topliss-reactive ketones (excluding diaryl/α,β-unsaturated/α-hetero) is 1. The number of piperidine rings is 1. The molecule has 2 aromatic rings. The fourth-order valence-corrected chi connectivity index (χ4v) is 9.60. The summed E-state index contributed by atoms with van der Waals surface area (Å²) in [6.45, 7) is -0.947. The van der Waals surface area contributed by atoms with Crippen molar-refractivity contribution < 1.29 is 44.3 Å². The maximum Gasteiger partial charge on any atom is 0.407 e. The molecule has 15 heteroatoms. The second-order valence-electron chi connectivity index (χ2n) is 10.7. The number of sulfone groups is 1. The molecule has 1 amide bonds. The largest absolute Gasteiger partial charge is 0.444 e. The highest BCUT2D eigenvalue weighted by atomic mass is 32.2. The Morgan fingerprint density at radius 1 is 1.17 bits per heavy atom. The van der Waals surface area contributed by atoms with Crippen molar-refractivity contribution in [2.75, 3.05) is 18.9 Å². The molecule has 5 rings (SSSR count). The van der Waals surface area contributed by atoms with Crippen LogP contribution in [0.1, 0.15) is 36.8 Å². The minimum absolute atomic E-state index is 0.0331. The summed E-state index contributed by atoms with van der Waals surface area (Å²) in [6.07, 6.45) is 0.282. The molecule has 42 heavy (non-hydrogen) atoms. The van der Waals surface area contributed by atoms with Crippen LogP contribution in [0.4, 0.5) is 18.0 Å². The quantitative estimate of drug-likeness (QED) is 0.402. The van der Waals surface area contributed by atoms with Crippen LogP contribution in [0.2, 0.25) is 0 Å². The normalized spacial score (nSPS) is 23.8. The number of ether oxygens (including phenoxy) is 1. The highest BCUT2D eigenvalue weighted by Crippen LogP contribution is 2.47. The Bertz CT molecular complexity index is 1700. The van der Waals surface area contributed by atoms with Crippen molar-refractivity contribution in [3.8, 4) is 0 Å². The molecule has 226 valence electrons. The number of nitrogens with one attached hydrogen (secondary N) is 1. The van der Waals surface area contributed by atoms with Crippen molar-refractivity contribution in [2.45, 2.75) is 54.6 Å². The number of halogens is 3. The lowest BCUT2D eigenvalue weighted by Crippen LogP contribution is -2.64. The van der Waals surface area contributed by atoms with Crippen LogP contribution >= 0.6 is 0 Å². The van der Waals surface area contributed by atoms with E-state index >= 15 is 0 Å². The molecule has 0 radical (unpaired) electrons. The van der Waals surface area contributed by atoms with Crippen molar-refractivity contribution in [3.63, 3.8) is 0 Å². The number of hydrogen-bond donors (Lipinski definition) is 2. The van der Waals surface area contributed by atoms with E-state index in [1.54, 1.807) is 18.2 Å². The SMILES string of the molecule is N[C@H](Cc1cc(F)c(F)cc1F)C12CCC(CC(=O)C1)N2S(=O)(=O)CCNC(=O)OCC1=Cc2ccccc2S1(=O)=O. The predicted octanol–water partition coefficient (Wildman–Crippen LogP) is 2.42. The van der Waals surface area contributed by atoms with E-state index in [4.69, 9.17) is 10.5 Å². The summed E-state index contributed by atoms with van der Waals surface area (Å²) >= 11 is 0. The zero-order chi connectivity index (χ0) is 30.4. The van der Waals surface area contributed by atoms with Crippen molar-refractivity contribution in [3.05, 3.63) is 69.9 Å². The molecule has 2 bridgehead atoms. The van der Waals surface area contributed by atoms with E-state index in [0.29, 0.717) is 24.1 Å². The smallest absolute Gasteiger partial charge is 0.407 e. The van der Waals surface area contributed by atoms with Gasteiger partial charge in [-0.3, -0.25) is 4.79 Å². The first kappa shape index (κ1) is 30.2. The van der Waals surface area contributed by atoms with Crippen LogP contribution < -0.4 is 11.1 Å². The van der Waals surface area contributed by atoms with Gasteiger partial charge in [0.25, 0.3) is 0 Å². The van der Waals surface area contributed by atoms with E-state index in [-0.39, 0.29) is 46.8 Å². The average Bonchev–Trinajstić information content (AvgIpc) is 3.34. The van der Waals surface area contributed by atoms with E-state index in [2.05, 4.69) is 5.32 Å². The molecule has 3 heterocycles. The van der Waals surface area contributed by atoms with E-state index in [0.717, 1.165) is 0 Å². The Kier molecular flexibility index (Phi) is 7.98. The van der Waals surface area contributed by atoms with Crippen molar-refractivity contribution >= 4 is 37.8 Å². The Morgan fingerprint density at radius 3 is 2.62 bits per heavy atom. The van der Waals surface area contributed by atoms with Gasteiger partial charge in [-0.2, -0.15) is 4.31 Å². The lowest BCUT2D eigenvalue weighted by molar-refractivity contribution is -0.124. The number of carbonyl (C=O) groups excluding carboxylic acids is 2. The number of hydrogen-bond acceptors (Lipinski definition) is 8. The van der Waals surface area contributed by atoms with Gasteiger partial charge in [-0.15, -0.1) is 0 Å². The van der Waals surface area contributed by atoms with Gasteiger partial charge in [0, 0.05) is 37.5 Å². The molecule has 2 saturated heterocycles. The second-order valence-corrected chi connectivity index (χ2v) is 14.6. The lowest BCUT2D eigenvalue weighted by Gasteiger charge is -2.46. The molecule has 3 aliphatic rings. The minimum atomic E-state index is -4.15. The summed E-state index contributed by atoms with van der Waals surface area (Å²) in [6, 6.07) is 5.53. The van der Waals surface area contributed by atoms with Crippen LogP contribution in [-0.4, -0.2) is 69.5 Å². The summed E-state index contributed by atoms with van der Waals surface area (Å²) in [5.74, 6) is -4.51. The van der Waals surface area contributed by atoms with E-state index in [1.165, 1.54) is 16.4 Å². The summed E-state index contributed by atoms with van der Waals surface area (Å²) in [7, 11) is -7.95. The average molecular weight is 628 g/mol. The highest BCUT2D eigenvalue weighted by molar-refractivity contribution is 7.95. The molecule has 3 N–H and O–H groups in total. The van der Waals surface area contributed by atoms with Gasteiger partial charge < -0.3 is 15.8 Å². The molecule has 3 atom stereocenters. The molecule has 0 spiro atoms. The van der Waals surface area contributed by atoms with Gasteiger partial charge >= 0.3 is 6.09 Å². The molecule has 2 unspecified atom stereocenters. The zero-order valence-electron chi connectivity index (χ0n) is 22.2. The second kappa shape index (κ2) is 11.1. The highest BCUT2D eigenvalue weighted by Gasteiger charge is 2.59. The molecule has 3 aliphatic heterocycles. The fraction of sp³-hybridized carbons (Fsp3) is 0.407. The van der Waals surface area contributed by atoms with Gasteiger partial charge in [0.2, 0.25) is 19.9 Å². The van der Waals surface area contributed by atoms with Crippen LogP contribution in [0.5, 0.6) is 0 Å². The third-order valence-corrected chi connectivity index (χ3v) is 11.9. The number of sulfonamides is 1. The van der Waals surface area contributed by atoms with Gasteiger partial charge in [-0.05, 0) is 48.6 Å². The van der Waals surface area contributed by atoms with Gasteiger partial charge in [0.05, 0.1) is 21.1 Å².